The molecule has 3 aromatic carbocycles. The summed E-state index contributed by atoms with van der Waals surface area (Å²) < 4.78 is 39.3. The number of hydrogen-bond acceptors (Lipinski definition) is 5. The number of ether oxygens (including phenoxy) is 2. The van der Waals surface area contributed by atoms with Gasteiger partial charge in [0.25, 0.3) is 15.9 Å². The number of anilines is 1. The fraction of sp³-hybridized carbons (Fsp3) is 0.269. The first-order chi connectivity index (χ1) is 16.5. The van der Waals surface area contributed by atoms with Crippen LogP contribution in [0.3, 0.4) is 0 Å². The number of para-hydroxylation sites is 1. The first kappa shape index (κ1) is 25.3. The predicted molar refractivity (Wildman–Crippen MR) is 133 cm³/mol. The van der Waals surface area contributed by atoms with Gasteiger partial charge in [-0.15, -0.1) is 0 Å². The molecule has 0 unspecified atom stereocenters. The molecule has 0 atom stereocenters. The number of rotatable bonds is 12. The molecule has 34 heavy (non-hydrogen) atoms. The average molecular weight is 483 g/mol. The van der Waals surface area contributed by atoms with E-state index in [0.717, 1.165) is 5.56 Å². The number of benzene rings is 3. The Hall–Kier alpha value is -3.36. The lowest BCUT2D eigenvalue weighted by molar-refractivity contribution is 0.0945. The van der Waals surface area contributed by atoms with E-state index in [1.54, 1.807) is 36.4 Å². The Morgan fingerprint density at radius 2 is 1.62 bits per heavy atom. The highest BCUT2D eigenvalue weighted by Gasteiger charge is 2.28. The second-order valence-electron chi connectivity index (χ2n) is 7.50. The number of nitrogens with zero attached hydrogens (tertiary/aromatic N) is 1. The molecule has 8 heteroatoms. The van der Waals surface area contributed by atoms with Crippen molar-refractivity contribution in [2.75, 3.05) is 31.2 Å². The lowest BCUT2D eigenvalue weighted by Crippen LogP contribution is -2.34. The van der Waals surface area contributed by atoms with Crippen LogP contribution in [0.5, 0.6) is 5.75 Å². The molecular formula is C26H30N2O5S. The highest BCUT2D eigenvalue weighted by Crippen LogP contribution is 2.30. The van der Waals surface area contributed by atoms with Crippen molar-refractivity contribution in [2.24, 2.45) is 0 Å². The molecule has 1 amide bonds. The van der Waals surface area contributed by atoms with Crippen molar-refractivity contribution in [2.45, 2.75) is 24.8 Å². The number of amides is 1. The van der Waals surface area contributed by atoms with Crippen LogP contribution < -0.4 is 14.4 Å². The zero-order valence-corrected chi connectivity index (χ0v) is 20.3. The Morgan fingerprint density at radius 1 is 0.941 bits per heavy atom. The van der Waals surface area contributed by atoms with E-state index < -0.39 is 10.0 Å². The molecule has 0 heterocycles. The van der Waals surface area contributed by atoms with E-state index in [-0.39, 0.29) is 22.9 Å². The van der Waals surface area contributed by atoms with Gasteiger partial charge in [0.1, 0.15) is 5.75 Å². The largest absolute Gasteiger partial charge is 0.497 e. The molecule has 3 rings (SSSR count). The van der Waals surface area contributed by atoms with Crippen molar-refractivity contribution in [3.05, 3.63) is 90.0 Å². The van der Waals surface area contributed by atoms with Gasteiger partial charge in [-0.3, -0.25) is 9.10 Å². The summed E-state index contributed by atoms with van der Waals surface area (Å²) in [5.74, 6) is 0.218. The minimum atomic E-state index is -3.99. The number of nitrogens with one attached hydrogen (secondary N) is 1. The van der Waals surface area contributed by atoms with Gasteiger partial charge in [-0.1, -0.05) is 42.5 Å². The van der Waals surface area contributed by atoms with E-state index in [9.17, 15) is 13.2 Å². The average Bonchev–Trinajstić information content (AvgIpc) is 2.87. The third kappa shape index (κ3) is 6.36. The molecule has 0 fully saturated rings. The Kier molecular flexibility index (Phi) is 9.07. The number of carbonyl (C=O) groups excluding carboxylic acids is 1. The topological polar surface area (TPSA) is 84.9 Å². The number of methoxy groups -OCH3 is 1. The molecule has 0 spiro atoms. The Balaban J connectivity index is 1.98. The molecule has 0 bridgehead atoms. The highest BCUT2D eigenvalue weighted by atomic mass is 32.2. The van der Waals surface area contributed by atoms with Crippen molar-refractivity contribution in [3.8, 4) is 5.75 Å². The minimum absolute atomic E-state index is 0.0732. The summed E-state index contributed by atoms with van der Waals surface area (Å²) in [4.78, 5) is 13.1. The third-order valence-corrected chi connectivity index (χ3v) is 6.96. The van der Waals surface area contributed by atoms with Crippen LogP contribution in [-0.4, -0.2) is 41.2 Å². The monoisotopic (exact) mass is 482 g/mol. The first-order valence-corrected chi connectivity index (χ1v) is 12.6. The van der Waals surface area contributed by atoms with Gasteiger partial charge in [0.15, 0.2) is 0 Å². The number of hydrogen-bond donors (Lipinski definition) is 1. The lowest BCUT2D eigenvalue weighted by atomic mass is 10.1. The number of carbonyl (C=O) groups is 1. The van der Waals surface area contributed by atoms with Crippen molar-refractivity contribution in [1.29, 1.82) is 0 Å². The van der Waals surface area contributed by atoms with Crippen LogP contribution in [0.1, 0.15) is 29.3 Å². The summed E-state index contributed by atoms with van der Waals surface area (Å²) in [6, 6.07) is 22.2. The van der Waals surface area contributed by atoms with Crippen molar-refractivity contribution >= 4 is 21.6 Å². The number of sulfonamides is 1. The maximum atomic E-state index is 13.8. The van der Waals surface area contributed by atoms with Crippen LogP contribution in [0.25, 0.3) is 0 Å². The Bertz CT molecular complexity index is 1170. The van der Waals surface area contributed by atoms with Crippen LogP contribution in [-0.2, 0) is 21.3 Å². The first-order valence-electron chi connectivity index (χ1n) is 11.1. The summed E-state index contributed by atoms with van der Waals surface area (Å²) in [6.07, 6.45) is 0.666. The van der Waals surface area contributed by atoms with Gasteiger partial charge in [0, 0.05) is 19.8 Å². The van der Waals surface area contributed by atoms with E-state index in [4.69, 9.17) is 9.47 Å². The van der Waals surface area contributed by atoms with Gasteiger partial charge >= 0.3 is 0 Å². The molecule has 0 aliphatic heterocycles. The van der Waals surface area contributed by atoms with Crippen LogP contribution in [0.2, 0.25) is 0 Å². The van der Waals surface area contributed by atoms with E-state index in [1.807, 2.05) is 37.3 Å². The molecule has 0 saturated carbocycles. The quantitative estimate of drug-likeness (QED) is 0.390. The highest BCUT2D eigenvalue weighted by molar-refractivity contribution is 7.92. The molecule has 3 aromatic rings. The molecule has 0 radical (unpaired) electrons. The van der Waals surface area contributed by atoms with Crippen LogP contribution in [0, 0.1) is 0 Å². The standard InChI is InChI=1S/C26H30N2O5S/c1-3-33-19-9-18-27-26(29)24-12-7-8-13-25(24)28(20-21-10-5-4-6-11-21)34(30,31)23-16-14-22(32-2)15-17-23/h4-8,10-17H,3,9,18-20H2,1-2H3,(H,27,29). The van der Waals surface area contributed by atoms with Crippen molar-refractivity contribution < 1.29 is 22.7 Å². The van der Waals surface area contributed by atoms with Gasteiger partial charge in [-0.05, 0) is 55.3 Å². The summed E-state index contributed by atoms with van der Waals surface area (Å²) >= 11 is 0. The van der Waals surface area contributed by atoms with Gasteiger partial charge in [0.2, 0.25) is 0 Å². The van der Waals surface area contributed by atoms with E-state index in [1.165, 1.54) is 23.5 Å². The SMILES string of the molecule is CCOCCCNC(=O)c1ccccc1N(Cc1ccccc1)S(=O)(=O)c1ccc(OC)cc1. The molecule has 0 aromatic heterocycles. The maximum Gasteiger partial charge on any atom is 0.264 e. The Labute approximate surface area is 201 Å². The van der Waals surface area contributed by atoms with Gasteiger partial charge < -0.3 is 14.8 Å². The van der Waals surface area contributed by atoms with Gasteiger partial charge in [-0.25, -0.2) is 8.42 Å². The van der Waals surface area contributed by atoms with Crippen LogP contribution >= 0.6 is 0 Å². The van der Waals surface area contributed by atoms with Crippen molar-refractivity contribution in [1.82, 2.24) is 5.32 Å². The molecule has 180 valence electrons. The normalized spacial score (nSPS) is 11.1. The molecule has 0 aliphatic rings. The second kappa shape index (κ2) is 12.2. The fourth-order valence-corrected chi connectivity index (χ4v) is 4.89. The maximum absolute atomic E-state index is 13.8. The molecule has 0 saturated heterocycles. The van der Waals surface area contributed by atoms with Crippen LogP contribution in [0.15, 0.2) is 83.8 Å². The molecular weight excluding hydrogens is 452 g/mol. The van der Waals surface area contributed by atoms with E-state index >= 15 is 0 Å². The van der Waals surface area contributed by atoms with Gasteiger partial charge in [-0.2, -0.15) is 0 Å². The Morgan fingerprint density at radius 3 is 2.29 bits per heavy atom. The van der Waals surface area contributed by atoms with Gasteiger partial charge in [0.05, 0.1) is 29.8 Å². The summed E-state index contributed by atoms with van der Waals surface area (Å²) in [5, 5.41) is 2.87. The molecule has 7 nitrogen and oxygen atoms in total. The van der Waals surface area contributed by atoms with E-state index in [0.29, 0.717) is 37.6 Å². The zero-order chi connectivity index (χ0) is 24.4. The zero-order valence-electron chi connectivity index (χ0n) is 19.4. The van der Waals surface area contributed by atoms with E-state index in [2.05, 4.69) is 5.32 Å². The predicted octanol–water partition coefficient (Wildman–Crippen LogP) is 4.25. The van der Waals surface area contributed by atoms with Crippen molar-refractivity contribution in [3.63, 3.8) is 0 Å². The lowest BCUT2D eigenvalue weighted by Gasteiger charge is -2.26. The smallest absolute Gasteiger partial charge is 0.264 e. The minimum Gasteiger partial charge on any atom is -0.497 e. The summed E-state index contributed by atoms with van der Waals surface area (Å²) in [6.45, 7) is 3.58. The molecule has 1 N–H and O–H groups in total. The second-order valence-corrected chi connectivity index (χ2v) is 9.36. The summed E-state index contributed by atoms with van der Waals surface area (Å²) in [5.41, 5.74) is 1.39. The molecule has 0 aliphatic carbocycles. The van der Waals surface area contributed by atoms with Crippen LogP contribution in [0.4, 0.5) is 5.69 Å². The fourth-order valence-electron chi connectivity index (χ4n) is 3.42. The third-order valence-electron chi connectivity index (χ3n) is 5.19. The summed E-state index contributed by atoms with van der Waals surface area (Å²) in [7, 11) is -2.47.